The zero-order valence-electron chi connectivity index (χ0n) is 9.67. The van der Waals surface area contributed by atoms with Crippen LogP contribution in [0.15, 0.2) is 0 Å². The number of hydrogen-bond acceptors (Lipinski definition) is 4. The van der Waals surface area contributed by atoms with E-state index in [1.54, 1.807) is 4.90 Å². The molecule has 5 nitrogen and oxygen atoms in total. The van der Waals surface area contributed by atoms with Crippen molar-refractivity contribution < 1.29 is 19.4 Å². The van der Waals surface area contributed by atoms with Crippen molar-refractivity contribution in [2.24, 2.45) is 5.92 Å². The summed E-state index contributed by atoms with van der Waals surface area (Å²) in [7, 11) is 0. The molecule has 17 heavy (non-hydrogen) atoms. The Bertz CT molecular complexity index is 350. The van der Waals surface area contributed by atoms with Crippen LogP contribution in [0.1, 0.15) is 32.1 Å². The second kappa shape index (κ2) is 3.98. The maximum absolute atomic E-state index is 12.0. The van der Waals surface area contributed by atoms with Gasteiger partial charge < -0.3 is 14.7 Å². The molecule has 3 unspecified atom stereocenters. The highest BCUT2D eigenvalue weighted by atomic mass is 16.5. The summed E-state index contributed by atoms with van der Waals surface area (Å²) in [6, 6.07) is -0.410. The number of aliphatic hydroxyl groups excluding tert-OH is 1. The maximum Gasteiger partial charge on any atom is 0.329 e. The first-order valence-corrected chi connectivity index (χ1v) is 6.37. The molecule has 0 radical (unpaired) electrons. The molecule has 0 spiro atoms. The van der Waals surface area contributed by atoms with Crippen molar-refractivity contribution in [1.29, 1.82) is 0 Å². The number of aliphatic hydroxyl groups is 1. The molecular weight excluding hydrogens is 222 g/mol. The van der Waals surface area contributed by atoms with E-state index >= 15 is 0 Å². The molecule has 2 saturated heterocycles. The third-order valence-electron chi connectivity index (χ3n) is 4.25. The van der Waals surface area contributed by atoms with Gasteiger partial charge in [-0.05, 0) is 12.8 Å². The average molecular weight is 239 g/mol. The van der Waals surface area contributed by atoms with Crippen LogP contribution in [0.5, 0.6) is 0 Å². The van der Waals surface area contributed by atoms with Gasteiger partial charge in [0, 0.05) is 6.04 Å². The van der Waals surface area contributed by atoms with Crippen LogP contribution in [0, 0.1) is 5.92 Å². The molecule has 1 saturated carbocycles. The SMILES string of the molecule is O=C1OCC2C(O)C(=O)N(C3CCCCC3)C12. The van der Waals surface area contributed by atoms with Crippen molar-refractivity contribution in [1.82, 2.24) is 4.90 Å². The highest BCUT2D eigenvalue weighted by Crippen LogP contribution is 2.37. The quantitative estimate of drug-likeness (QED) is 0.657. The Kier molecular flexibility index (Phi) is 2.58. The van der Waals surface area contributed by atoms with Crippen LogP contribution in [0.4, 0.5) is 0 Å². The fourth-order valence-electron chi connectivity index (χ4n) is 3.35. The Morgan fingerprint density at radius 1 is 1.18 bits per heavy atom. The van der Waals surface area contributed by atoms with Crippen LogP contribution in [-0.2, 0) is 14.3 Å². The molecular formula is C12H17NO4. The van der Waals surface area contributed by atoms with Gasteiger partial charge in [-0.1, -0.05) is 19.3 Å². The second-order valence-electron chi connectivity index (χ2n) is 5.22. The minimum absolute atomic E-state index is 0.117. The monoisotopic (exact) mass is 239 g/mol. The van der Waals surface area contributed by atoms with Gasteiger partial charge in [0.15, 0.2) is 0 Å². The Hall–Kier alpha value is -1.10. The van der Waals surface area contributed by atoms with Gasteiger partial charge >= 0.3 is 5.97 Å². The smallest absolute Gasteiger partial charge is 0.329 e. The maximum atomic E-state index is 12.0. The summed E-state index contributed by atoms with van der Waals surface area (Å²) in [6.45, 7) is 0.180. The Morgan fingerprint density at radius 2 is 1.88 bits per heavy atom. The number of likely N-dealkylation sites (tertiary alicyclic amines) is 1. The van der Waals surface area contributed by atoms with E-state index in [-0.39, 0.29) is 30.4 Å². The molecule has 2 heterocycles. The molecule has 0 aromatic rings. The molecule has 3 aliphatic rings. The van der Waals surface area contributed by atoms with Crippen molar-refractivity contribution in [2.75, 3.05) is 6.61 Å². The van der Waals surface area contributed by atoms with Crippen molar-refractivity contribution in [3.8, 4) is 0 Å². The average Bonchev–Trinajstić information content (AvgIpc) is 2.83. The molecule has 1 N–H and O–H groups in total. The van der Waals surface area contributed by atoms with Gasteiger partial charge in [0.05, 0.1) is 12.5 Å². The van der Waals surface area contributed by atoms with Gasteiger partial charge in [-0.25, -0.2) is 4.79 Å². The molecule has 3 fully saturated rings. The predicted molar refractivity (Wildman–Crippen MR) is 58.0 cm³/mol. The summed E-state index contributed by atoms with van der Waals surface area (Å²) in [5.74, 6) is -0.967. The standard InChI is InChI=1S/C12H17NO4/c14-10-8-6-17-12(16)9(8)13(11(10)15)7-4-2-1-3-5-7/h7-10,14H,1-6H2. The van der Waals surface area contributed by atoms with Crippen LogP contribution < -0.4 is 0 Å². The van der Waals surface area contributed by atoms with Gasteiger partial charge in [-0.3, -0.25) is 4.79 Å². The van der Waals surface area contributed by atoms with Crippen LogP contribution in [0.2, 0.25) is 0 Å². The zero-order chi connectivity index (χ0) is 12.0. The molecule has 1 aliphatic carbocycles. The molecule has 3 rings (SSSR count). The first-order valence-electron chi connectivity index (χ1n) is 6.37. The number of carbonyl (C=O) groups excluding carboxylic acids is 2. The summed E-state index contributed by atoms with van der Waals surface area (Å²) in [4.78, 5) is 25.3. The minimum Gasteiger partial charge on any atom is -0.464 e. The molecule has 2 aliphatic heterocycles. The van der Waals surface area contributed by atoms with Crippen molar-refractivity contribution in [3.05, 3.63) is 0 Å². The van der Waals surface area contributed by atoms with Crippen LogP contribution in [-0.4, -0.2) is 46.7 Å². The number of ether oxygens (including phenoxy) is 1. The van der Waals surface area contributed by atoms with Crippen LogP contribution in [0.25, 0.3) is 0 Å². The van der Waals surface area contributed by atoms with Crippen LogP contribution in [0.3, 0.4) is 0 Å². The molecule has 94 valence electrons. The molecule has 3 atom stereocenters. The summed E-state index contributed by atoms with van der Waals surface area (Å²) in [6.07, 6.45) is 4.21. The summed E-state index contributed by atoms with van der Waals surface area (Å²) < 4.78 is 4.97. The van der Waals surface area contributed by atoms with Gasteiger partial charge in [0.1, 0.15) is 12.1 Å². The normalized spacial score (nSPS) is 38.4. The fraction of sp³-hybridized carbons (Fsp3) is 0.833. The number of rotatable bonds is 1. The van der Waals surface area contributed by atoms with E-state index in [1.807, 2.05) is 0 Å². The van der Waals surface area contributed by atoms with E-state index in [2.05, 4.69) is 0 Å². The summed E-state index contributed by atoms with van der Waals surface area (Å²) in [5.41, 5.74) is 0. The first-order chi connectivity index (χ1) is 8.20. The van der Waals surface area contributed by atoms with Crippen molar-refractivity contribution >= 4 is 11.9 Å². The molecule has 0 aromatic heterocycles. The number of cyclic esters (lactones) is 1. The van der Waals surface area contributed by atoms with Gasteiger partial charge in [0.25, 0.3) is 5.91 Å². The highest BCUT2D eigenvalue weighted by Gasteiger charge is 2.57. The number of amides is 1. The van der Waals surface area contributed by atoms with Gasteiger partial charge in [-0.15, -0.1) is 0 Å². The van der Waals surface area contributed by atoms with E-state index in [0.717, 1.165) is 25.7 Å². The first kappa shape index (κ1) is 11.0. The molecule has 0 aromatic carbocycles. The van der Waals surface area contributed by atoms with Gasteiger partial charge in [-0.2, -0.15) is 0 Å². The molecule has 1 amide bonds. The minimum atomic E-state index is -1.05. The fourth-order valence-corrected chi connectivity index (χ4v) is 3.35. The predicted octanol–water partition coefficient (Wildman–Crippen LogP) is 0.0638. The molecule has 5 heteroatoms. The van der Waals surface area contributed by atoms with Crippen molar-refractivity contribution in [2.45, 2.75) is 50.3 Å². The zero-order valence-corrected chi connectivity index (χ0v) is 9.67. The van der Waals surface area contributed by atoms with Crippen molar-refractivity contribution in [3.63, 3.8) is 0 Å². The Morgan fingerprint density at radius 3 is 2.59 bits per heavy atom. The Balaban J connectivity index is 1.86. The summed E-state index contributed by atoms with van der Waals surface area (Å²) in [5, 5.41) is 9.86. The lowest BCUT2D eigenvalue weighted by atomic mass is 9.93. The second-order valence-corrected chi connectivity index (χ2v) is 5.22. The molecule has 0 bridgehead atoms. The number of nitrogens with zero attached hydrogens (tertiary/aromatic N) is 1. The lowest BCUT2D eigenvalue weighted by Crippen LogP contribution is -2.46. The van der Waals surface area contributed by atoms with E-state index in [4.69, 9.17) is 4.74 Å². The highest BCUT2D eigenvalue weighted by molar-refractivity contribution is 5.93. The van der Waals surface area contributed by atoms with E-state index in [0.29, 0.717) is 0 Å². The number of carbonyl (C=O) groups is 2. The largest absolute Gasteiger partial charge is 0.464 e. The van der Waals surface area contributed by atoms with Crippen LogP contribution >= 0.6 is 0 Å². The summed E-state index contributed by atoms with van der Waals surface area (Å²) >= 11 is 0. The third-order valence-corrected chi connectivity index (χ3v) is 4.25. The van der Waals surface area contributed by atoms with E-state index in [1.165, 1.54) is 6.42 Å². The van der Waals surface area contributed by atoms with Gasteiger partial charge in [0.2, 0.25) is 0 Å². The number of fused-ring (bicyclic) bond motifs is 1. The number of hydrogen-bond donors (Lipinski definition) is 1. The Labute approximate surface area is 99.7 Å². The third kappa shape index (κ3) is 1.56. The lowest BCUT2D eigenvalue weighted by Gasteiger charge is -2.33. The topological polar surface area (TPSA) is 66.8 Å². The number of esters is 1. The van der Waals surface area contributed by atoms with E-state index < -0.39 is 12.1 Å². The van der Waals surface area contributed by atoms with E-state index in [9.17, 15) is 14.7 Å². The lowest BCUT2D eigenvalue weighted by molar-refractivity contribution is -0.150.